The summed E-state index contributed by atoms with van der Waals surface area (Å²) in [5.41, 5.74) is 0.231. The largest absolute Gasteiger partial charge is 0.393 e. The van der Waals surface area contributed by atoms with Crippen LogP contribution in [0, 0.1) is 11.3 Å². The number of piperidine rings is 1. The van der Waals surface area contributed by atoms with E-state index in [0.29, 0.717) is 12.3 Å². The molecule has 0 bridgehead atoms. The quantitative estimate of drug-likeness (QED) is 0.714. The van der Waals surface area contributed by atoms with E-state index in [4.69, 9.17) is 23.2 Å². The van der Waals surface area contributed by atoms with Crippen LogP contribution in [0.4, 0.5) is 0 Å². The van der Waals surface area contributed by atoms with E-state index in [0.717, 1.165) is 32.4 Å². The monoisotopic (exact) mass is 265 g/mol. The molecule has 2 nitrogen and oxygen atoms in total. The maximum atomic E-state index is 10.2. The molecule has 1 heterocycles. The van der Waals surface area contributed by atoms with Gasteiger partial charge in [0.2, 0.25) is 0 Å². The Morgan fingerprint density at radius 3 is 2.31 bits per heavy atom. The Labute approximate surface area is 108 Å². The molecule has 1 saturated heterocycles. The summed E-state index contributed by atoms with van der Waals surface area (Å²) < 4.78 is 0. The van der Waals surface area contributed by atoms with E-state index in [9.17, 15) is 5.11 Å². The maximum absolute atomic E-state index is 10.2. The Morgan fingerprint density at radius 1 is 1.12 bits per heavy atom. The van der Waals surface area contributed by atoms with E-state index in [2.05, 4.69) is 12.2 Å². The second kappa shape index (κ2) is 5.01. The molecular formula is C12H21Cl2NO. The van der Waals surface area contributed by atoms with Crippen LogP contribution in [0.1, 0.15) is 32.6 Å². The first kappa shape index (κ1) is 12.9. The lowest BCUT2D eigenvalue weighted by atomic mass is 9.64. The van der Waals surface area contributed by atoms with Crippen LogP contribution in [-0.2, 0) is 0 Å². The van der Waals surface area contributed by atoms with Gasteiger partial charge in [0, 0.05) is 0 Å². The second-order valence-electron chi connectivity index (χ2n) is 5.58. The van der Waals surface area contributed by atoms with Gasteiger partial charge in [0.05, 0.1) is 16.9 Å². The van der Waals surface area contributed by atoms with E-state index in [1.54, 1.807) is 0 Å². The average molecular weight is 266 g/mol. The molecule has 0 radical (unpaired) electrons. The lowest BCUT2D eigenvalue weighted by Crippen LogP contribution is -2.48. The number of hydrogen-bond donors (Lipinski definition) is 2. The number of alkyl halides is 2. The van der Waals surface area contributed by atoms with Crippen LogP contribution >= 0.6 is 23.2 Å². The Bertz CT molecular complexity index is 243. The number of nitrogens with one attached hydrogen (secondary N) is 1. The van der Waals surface area contributed by atoms with E-state index in [1.807, 2.05) is 0 Å². The molecule has 0 spiro atoms. The second-order valence-corrected chi connectivity index (χ2v) is 6.70. The number of hydrogen-bond acceptors (Lipinski definition) is 2. The molecule has 1 aliphatic heterocycles. The van der Waals surface area contributed by atoms with Gasteiger partial charge in [0.1, 0.15) is 0 Å². The fourth-order valence-corrected chi connectivity index (χ4v) is 3.79. The predicted octanol–water partition coefficient (Wildman–Crippen LogP) is 2.36. The molecule has 0 amide bonds. The highest BCUT2D eigenvalue weighted by molar-refractivity contribution is 6.30. The van der Waals surface area contributed by atoms with Crippen LogP contribution in [0.2, 0.25) is 0 Å². The summed E-state index contributed by atoms with van der Waals surface area (Å²) in [6.07, 6.45) is 3.48. The van der Waals surface area contributed by atoms with Crippen molar-refractivity contribution < 1.29 is 5.11 Å². The minimum atomic E-state index is -0.277. The van der Waals surface area contributed by atoms with Gasteiger partial charge in [-0.2, -0.15) is 0 Å². The molecule has 0 aromatic rings. The fraction of sp³-hybridized carbons (Fsp3) is 1.00. The molecule has 1 aliphatic carbocycles. The van der Waals surface area contributed by atoms with E-state index in [1.165, 1.54) is 0 Å². The lowest BCUT2D eigenvalue weighted by Gasteiger charge is -2.47. The first-order chi connectivity index (χ1) is 7.53. The molecule has 1 saturated carbocycles. The summed E-state index contributed by atoms with van der Waals surface area (Å²) in [5, 5.41) is 13.5. The van der Waals surface area contributed by atoms with Crippen molar-refractivity contribution in [2.75, 3.05) is 13.1 Å². The third-order valence-electron chi connectivity index (χ3n) is 4.44. The molecule has 0 aromatic heterocycles. The summed E-state index contributed by atoms with van der Waals surface area (Å²) in [7, 11) is 0. The number of halogens is 2. The van der Waals surface area contributed by atoms with Crippen molar-refractivity contribution in [1.29, 1.82) is 0 Å². The highest BCUT2D eigenvalue weighted by atomic mass is 35.5. The molecule has 4 unspecified atom stereocenters. The molecule has 16 heavy (non-hydrogen) atoms. The molecule has 0 aromatic carbocycles. The Morgan fingerprint density at radius 2 is 1.69 bits per heavy atom. The zero-order valence-corrected chi connectivity index (χ0v) is 11.3. The van der Waals surface area contributed by atoms with Gasteiger partial charge in [-0.25, -0.2) is 0 Å². The van der Waals surface area contributed by atoms with E-state index < -0.39 is 0 Å². The Kier molecular flexibility index (Phi) is 4.05. The van der Waals surface area contributed by atoms with Gasteiger partial charge in [-0.1, -0.05) is 6.92 Å². The highest BCUT2D eigenvalue weighted by Gasteiger charge is 2.44. The van der Waals surface area contributed by atoms with Gasteiger partial charge >= 0.3 is 0 Å². The fourth-order valence-electron chi connectivity index (χ4n) is 3.21. The lowest BCUT2D eigenvalue weighted by molar-refractivity contribution is -0.0174. The molecule has 2 aliphatic rings. The van der Waals surface area contributed by atoms with Gasteiger partial charge < -0.3 is 10.4 Å². The van der Waals surface area contributed by atoms with Crippen LogP contribution in [0.3, 0.4) is 0 Å². The summed E-state index contributed by atoms with van der Waals surface area (Å²) >= 11 is 12.4. The molecule has 2 fully saturated rings. The molecule has 2 rings (SSSR count). The van der Waals surface area contributed by atoms with Crippen molar-refractivity contribution in [3.63, 3.8) is 0 Å². The number of aliphatic hydroxyl groups excluding tert-OH is 1. The van der Waals surface area contributed by atoms with Gasteiger partial charge in [0.25, 0.3) is 0 Å². The van der Waals surface area contributed by atoms with E-state index >= 15 is 0 Å². The zero-order chi connectivity index (χ0) is 11.8. The average Bonchev–Trinajstić information content (AvgIpc) is 2.24. The summed E-state index contributed by atoms with van der Waals surface area (Å²) in [5.74, 6) is 0.312. The Hall–Kier alpha value is 0.500. The number of rotatable bonds is 1. The van der Waals surface area contributed by atoms with Crippen molar-refractivity contribution in [3.05, 3.63) is 0 Å². The van der Waals surface area contributed by atoms with Crippen molar-refractivity contribution in [1.82, 2.24) is 5.32 Å². The SMILES string of the molecule is CC1(C2CC(Cl)C(Cl)CC2O)CCNCC1. The predicted molar refractivity (Wildman–Crippen MR) is 68.2 cm³/mol. The topological polar surface area (TPSA) is 32.3 Å². The first-order valence-electron chi connectivity index (χ1n) is 6.20. The first-order valence-corrected chi connectivity index (χ1v) is 7.07. The standard InChI is InChI=1S/C12H21Cl2NO/c1-12(2-4-15-5-3-12)8-6-9(13)10(14)7-11(8)16/h8-11,15-16H,2-7H2,1H3. The highest BCUT2D eigenvalue weighted by Crippen LogP contribution is 2.46. The molecule has 94 valence electrons. The van der Waals surface area contributed by atoms with Crippen LogP contribution < -0.4 is 5.32 Å². The van der Waals surface area contributed by atoms with Crippen molar-refractivity contribution in [3.8, 4) is 0 Å². The minimum absolute atomic E-state index is 0.0155. The Balaban J connectivity index is 2.07. The smallest absolute Gasteiger partial charge is 0.0588 e. The van der Waals surface area contributed by atoms with Crippen molar-refractivity contribution in [2.24, 2.45) is 11.3 Å². The summed E-state index contributed by atoms with van der Waals surface area (Å²) in [6.45, 7) is 4.40. The third kappa shape index (κ3) is 2.50. The van der Waals surface area contributed by atoms with Crippen molar-refractivity contribution >= 4 is 23.2 Å². The maximum Gasteiger partial charge on any atom is 0.0588 e. The summed E-state index contributed by atoms with van der Waals surface area (Å²) in [6, 6.07) is 0. The molecule has 4 atom stereocenters. The van der Waals surface area contributed by atoms with Crippen molar-refractivity contribution in [2.45, 2.75) is 49.5 Å². The van der Waals surface area contributed by atoms with Gasteiger partial charge in [0.15, 0.2) is 0 Å². The normalized spacial score (nSPS) is 44.2. The van der Waals surface area contributed by atoms with Crippen LogP contribution in [0.5, 0.6) is 0 Å². The molecular weight excluding hydrogens is 245 g/mol. The van der Waals surface area contributed by atoms with E-state index in [-0.39, 0.29) is 22.3 Å². The van der Waals surface area contributed by atoms with Crippen LogP contribution in [0.25, 0.3) is 0 Å². The number of aliphatic hydroxyl groups is 1. The van der Waals surface area contributed by atoms with Crippen LogP contribution in [0.15, 0.2) is 0 Å². The molecule has 2 N–H and O–H groups in total. The minimum Gasteiger partial charge on any atom is -0.393 e. The summed E-state index contributed by atoms with van der Waals surface area (Å²) in [4.78, 5) is 0. The molecule has 4 heteroatoms. The zero-order valence-electron chi connectivity index (χ0n) is 9.76. The van der Waals surface area contributed by atoms with Crippen LogP contribution in [-0.4, -0.2) is 35.1 Å². The van der Waals surface area contributed by atoms with Gasteiger partial charge in [-0.15, -0.1) is 23.2 Å². The van der Waals surface area contributed by atoms with Gasteiger partial charge in [-0.05, 0) is 50.1 Å². The third-order valence-corrected chi connectivity index (χ3v) is 5.54. The van der Waals surface area contributed by atoms with Gasteiger partial charge in [-0.3, -0.25) is 0 Å².